The largest absolute Gasteiger partial charge is 0.377 e. The maximum Gasteiger partial charge on any atom is 0.134 e. The van der Waals surface area contributed by atoms with Crippen molar-refractivity contribution in [3.63, 3.8) is 0 Å². The Morgan fingerprint density at radius 2 is 1.90 bits per heavy atom. The van der Waals surface area contributed by atoms with Crippen molar-refractivity contribution >= 4 is 11.6 Å². The van der Waals surface area contributed by atoms with Gasteiger partial charge in [0.15, 0.2) is 0 Å². The number of rotatable bonds is 6. The molecular formula is C14H24N4O2. The monoisotopic (exact) mass is 280 g/mol. The zero-order valence-electron chi connectivity index (χ0n) is 12.7. The van der Waals surface area contributed by atoms with Crippen LogP contribution in [0.1, 0.15) is 19.2 Å². The van der Waals surface area contributed by atoms with Crippen LogP contribution in [0, 0.1) is 6.92 Å². The van der Waals surface area contributed by atoms with E-state index in [9.17, 15) is 0 Å². The number of hydrogen-bond donors (Lipinski definition) is 1. The third kappa shape index (κ3) is 3.37. The van der Waals surface area contributed by atoms with Gasteiger partial charge in [-0.2, -0.15) is 0 Å². The summed E-state index contributed by atoms with van der Waals surface area (Å²) >= 11 is 0. The van der Waals surface area contributed by atoms with E-state index in [4.69, 9.17) is 9.47 Å². The zero-order valence-corrected chi connectivity index (χ0v) is 12.7. The molecule has 6 nitrogen and oxygen atoms in total. The number of nitrogens with one attached hydrogen (secondary N) is 1. The molecule has 0 radical (unpaired) electrons. The summed E-state index contributed by atoms with van der Waals surface area (Å²) in [6.45, 7) is 6.54. The number of methoxy groups -OCH3 is 2. The van der Waals surface area contributed by atoms with E-state index in [1.54, 1.807) is 14.2 Å². The normalized spacial score (nSPS) is 22.3. The maximum absolute atomic E-state index is 5.47. The fraction of sp³-hybridized carbons (Fsp3) is 0.714. The number of aryl methyl sites for hydroxylation is 1. The van der Waals surface area contributed by atoms with E-state index in [2.05, 4.69) is 27.1 Å². The summed E-state index contributed by atoms with van der Waals surface area (Å²) in [5, 5.41) is 3.31. The summed E-state index contributed by atoms with van der Waals surface area (Å²) in [5.74, 6) is 2.58. The van der Waals surface area contributed by atoms with Crippen LogP contribution in [-0.2, 0) is 9.47 Å². The summed E-state index contributed by atoms with van der Waals surface area (Å²) in [6.07, 6.45) is 1.24. The van der Waals surface area contributed by atoms with Crippen molar-refractivity contribution in [3.8, 4) is 0 Å². The lowest BCUT2D eigenvalue weighted by atomic mass is 10.3. The van der Waals surface area contributed by atoms with Gasteiger partial charge in [-0.25, -0.2) is 9.97 Å². The molecule has 1 saturated heterocycles. The Kier molecular flexibility index (Phi) is 5.14. The molecule has 1 aliphatic heterocycles. The van der Waals surface area contributed by atoms with Crippen LogP contribution >= 0.6 is 0 Å². The molecule has 1 aliphatic rings. The van der Waals surface area contributed by atoms with Crippen molar-refractivity contribution in [2.75, 3.05) is 44.1 Å². The number of hydrogen-bond acceptors (Lipinski definition) is 6. The molecule has 0 saturated carbocycles. The highest BCUT2D eigenvalue weighted by molar-refractivity contribution is 5.50. The van der Waals surface area contributed by atoms with Crippen LogP contribution < -0.4 is 10.2 Å². The molecule has 0 bridgehead atoms. The zero-order chi connectivity index (χ0) is 14.5. The molecule has 0 aliphatic carbocycles. The van der Waals surface area contributed by atoms with Gasteiger partial charge in [0.05, 0.1) is 0 Å². The van der Waals surface area contributed by atoms with Gasteiger partial charge < -0.3 is 19.7 Å². The average molecular weight is 280 g/mol. The molecule has 112 valence electrons. The van der Waals surface area contributed by atoms with Gasteiger partial charge in [0.25, 0.3) is 0 Å². The smallest absolute Gasteiger partial charge is 0.134 e. The summed E-state index contributed by atoms with van der Waals surface area (Å²) in [5.41, 5.74) is 0. The highest BCUT2D eigenvalue weighted by atomic mass is 16.5. The molecule has 2 unspecified atom stereocenters. The Hall–Kier alpha value is -1.40. The lowest BCUT2D eigenvalue weighted by molar-refractivity contribution is -0.00461. The molecule has 0 spiro atoms. The van der Waals surface area contributed by atoms with Crippen molar-refractivity contribution in [2.24, 2.45) is 0 Å². The van der Waals surface area contributed by atoms with Crippen LogP contribution in [0.25, 0.3) is 0 Å². The molecule has 0 amide bonds. The van der Waals surface area contributed by atoms with Crippen molar-refractivity contribution < 1.29 is 9.47 Å². The predicted octanol–water partition coefficient (Wildman–Crippen LogP) is 1.46. The molecule has 1 fully saturated rings. The van der Waals surface area contributed by atoms with Crippen LogP contribution in [0.4, 0.5) is 11.6 Å². The van der Waals surface area contributed by atoms with Gasteiger partial charge >= 0.3 is 0 Å². The second-order valence-corrected chi connectivity index (χ2v) is 5.04. The summed E-state index contributed by atoms with van der Waals surface area (Å²) in [7, 11) is 3.44. The quantitative estimate of drug-likeness (QED) is 0.851. The first-order chi connectivity index (χ1) is 9.67. The van der Waals surface area contributed by atoms with Crippen LogP contribution in [0.15, 0.2) is 6.07 Å². The fourth-order valence-electron chi connectivity index (χ4n) is 2.44. The highest BCUT2D eigenvalue weighted by Crippen LogP contribution is 2.23. The third-order valence-electron chi connectivity index (χ3n) is 3.53. The molecule has 1 N–H and O–H groups in total. The number of nitrogens with zero attached hydrogens (tertiary/aromatic N) is 3. The molecule has 2 heterocycles. The summed E-state index contributed by atoms with van der Waals surface area (Å²) in [6, 6.07) is 1.99. The third-order valence-corrected chi connectivity index (χ3v) is 3.53. The number of ether oxygens (including phenoxy) is 2. The fourth-order valence-corrected chi connectivity index (χ4v) is 2.44. The SMILES string of the molecule is CCCNc1cc(N2CC(OC)C(OC)C2)nc(C)n1. The van der Waals surface area contributed by atoms with Crippen molar-refractivity contribution in [1.29, 1.82) is 0 Å². The molecule has 20 heavy (non-hydrogen) atoms. The van der Waals surface area contributed by atoms with E-state index >= 15 is 0 Å². The minimum atomic E-state index is 0.0855. The topological polar surface area (TPSA) is 59.5 Å². The van der Waals surface area contributed by atoms with Crippen LogP contribution in [0.3, 0.4) is 0 Å². The lowest BCUT2D eigenvalue weighted by Crippen LogP contribution is -2.27. The van der Waals surface area contributed by atoms with Gasteiger partial charge in [0.2, 0.25) is 0 Å². The standard InChI is InChI=1S/C14H24N4O2/c1-5-6-15-13-7-14(17-10(2)16-13)18-8-11(19-3)12(9-18)20-4/h7,11-12H,5-6,8-9H2,1-4H3,(H,15,16,17). The Morgan fingerprint density at radius 3 is 2.45 bits per heavy atom. The summed E-state index contributed by atoms with van der Waals surface area (Å²) < 4.78 is 10.9. The van der Waals surface area contributed by atoms with Gasteiger partial charge in [-0.05, 0) is 13.3 Å². The van der Waals surface area contributed by atoms with E-state index in [0.717, 1.165) is 43.5 Å². The minimum Gasteiger partial charge on any atom is -0.377 e. The average Bonchev–Trinajstić information content (AvgIpc) is 2.88. The van der Waals surface area contributed by atoms with Gasteiger partial charge in [0.1, 0.15) is 29.7 Å². The second kappa shape index (κ2) is 6.85. The van der Waals surface area contributed by atoms with E-state index < -0.39 is 0 Å². The number of aromatic nitrogens is 2. The molecular weight excluding hydrogens is 256 g/mol. The lowest BCUT2D eigenvalue weighted by Gasteiger charge is -2.18. The first kappa shape index (κ1) is 15.0. The van der Waals surface area contributed by atoms with Crippen LogP contribution in [0.2, 0.25) is 0 Å². The Bertz CT molecular complexity index is 429. The van der Waals surface area contributed by atoms with Gasteiger partial charge in [-0.3, -0.25) is 0 Å². The van der Waals surface area contributed by atoms with Crippen LogP contribution in [-0.4, -0.2) is 56.0 Å². The van der Waals surface area contributed by atoms with E-state index in [0.29, 0.717) is 0 Å². The Morgan fingerprint density at radius 1 is 1.25 bits per heavy atom. The van der Waals surface area contributed by atoms with Crippen molar-refractivity contribution in [3.05, 3.63) is 11.9 Å². The van der Waals surface area contributed by atoms with E-state index in [1.807, 2.05) is 13.0 Å². The van der Waals surface area contributed by atoms with Crippen molar-refractivity contribution in [2.45, 2.75) is 32.5 Å². The maximum atomic E-state index is 5.47. The van der Waals surface area contributed by atoms with Gasteiger partial charge in [0, 0.05) is 39.9 Å². The first-order valence-corrected chi connectivity index (χ1v) is 7.08. The van der Waals surface area contributed by atoms with E-state index in [1.165, 1.54) is 0 Å². The number of anilines is 2. The van der Waals surface area contributed by atoms with Gasteiger partial charge in [-0.1, -0.05) is 6.92 Å². The Labute approximate surface area is 120 Å². The summed E-state index contributed by atoms with van der Waals surface area (Å²) in [4.78, 5) is 11.1. The molecule has 1 aromatic rings. The molecule has 0 aromatic carbocycles. The van der Waals surface area contributed by atoms with Crippen molar-refractivity contribution in [1.82, 2.24) is 9.97 Å². The van der Waals surface area contributed by atoms with Crippen LogP contribution in [0.5, 0.6) is 0 Å². The molecule has 6 heteroatoms. The Balaban J connectivity index is 2.14. The predicted molar refractivity (Wildman–Crippen MR) is 79.4 cm³/mol. The highest BCUT2D eigenvalue weighted by Gasteiger charge is 2.33. The molecule has 2 atom stereocenters. The van der Waals surface area contributed by atoms with E-state index in [-0.39, 0.29) is 12.2 Å². The first-order valence-electron chi connectivity index (χ1n) is 7.08. The molecule has 1 aromatic heterocycles. The second-order valence-electron chi connectivity index (χ2n) is 5.04. The minimum absolute atomic E-state index is 0.0855. The van der Waals surface area contributed by atoms with Gasteiger partial charge in [-0.15, -0.1) is 0 Å². The molecule has 2 rings (SSSR count).